The van der Waals surface area contributed by atoms with Crippen molar-refractivity contribution in [1.82, 2.24) is 16.1 Å². The summed E-state index contributed by atoms with van der Waals surface area (Å²) in [6.45, 7) is 3.87. The second kappa shape index (κ2) is 11.2. The third-order valence-corrected chi connectivity index (χ3v) is 4.16. The van der Waals surface area contributed by atoms with Crippen LogP contribution in [0.25, 0.3) is 0 Å². The van der Waals surface area contributed by atoms with Crippen LogP contribution in [0.2, 0.25) is 0 Å². The van der Waals surface area contributed by atoms with Crippen LogP contribution >= 0.6 is 0 Å². The van der Waals surface area contributed by atoms with Crippen LogP contribution in [0.4, 0.5) is 0 Å². The van der Waals surface area contributed by atoms with Gasteiger partial charge in [-0.05, 0) is 30.0 Å². The molecule has 0 saturated carbocycles. The number of hydrogen-bond donors (Lipinski definition) is 4. The molecule has 8 nitrogen and oxygen atoms in total. The fourth-order valence-electron chi connectivity index (χ4n) is 2.79. The molecule has 0 radical (unpaired) electrons. The Morgan fingerprint density at radius 3 is 2.22 bits per heavy atom. The van der Waals surface area contributed by atoms with E-state index in [0.29, 0.717) is 18.6 Å². The molecule has 1 rings (SSSR count). The highest BCUT2D eigenvalue weighted by Crippen LogP contribution is 2.17. The smallest absolute Gasteiger partial charge is 0.244 e. The lowest BCUT2D eigenvalue weighted by atomic mass is 9.92. The van der Waals surface area contributed by atoms with Crippen molar-refractivity contribution in [3.63, 3.8) is 0 Å². The predicted molar refractivity (Wildman–Crippen MR) is 100 cm³/mol. The Balaban J connectivity index is 2.89. The zero-order chi connectivity index (χ0) is 20.4. The van der Waals surface area contributed by atoms with Crippen LogP contribution in [0.1, 0.15) is 32.3 Å². The van der Waals surface area contributed by atoms with E-state index in [-0.39, 0.29) is 18.2 Å². The second-order valence-electron chi connectivity index (χ2n) is 6.79. The second-order valence-corrected chi connectivity index (χ2v) is 6.79. The molecule has 1 aromatic rings. The Kier molecular flexibility index (Phi) is 9.29. The monoisotopic (exact) mass is 379 g/mol. The molecule has 3 amide bonds. The standard InChI is InChI=1S/C19H29N3O5/c1-12(2)9-14(11-17(23)22-26)18(24)21-16(19(25)20-3)10-13-5-7-15(27-4)8-6-13/h5-8,12,14,16,26H,9-11H2,1-4H3,(H,20,25)(H,21,24)(H,22,23)/t14?,16-/m1/s1. The van der Waals surface area contributed by atoms with Gasteiger partial charge >= 0.3 is 0 Å². The summed E-state index contributed by atoms with van der Waals surface area (Å²) in [6, 6.07) is 6.44. The number of methoxy groups -OCH3 is 1. The molecule has 2 atom stereocenters. The maximum Gasteiger partial charge on any atom is 0.244 e. The molecule has 0 aliphatic carbocycles. The Bertz CT molecular complexity index is 631. The fourth-order valence-corrected chi connectivity index (χ4v) is 2.79. The number of ether oxygens (including phenoxy) is 1. The molecule has 0 heterocycles. The summed E-state index contributed by atoms with van der Waals surface area (Å²) in [5.41, 5.74) is 2.41. The number of amides is 3. The summed E-state index contributed by atoms with van der Waals surface area (Å²) in [4.78, 5) is 36.4. The maximum atomic E-state index is 12.7. The zero-order valence-electron chi connectivity index (χ0n) is 16.2. The molecule has 0 bridgehead atoms. The number of carbonyl (C=O) groups excluding carboxylic acids is 3. The molecular weight excluding hydrogens is 350 g/mol. The van der Waals surface area contributed by atoms with Gasteiger partial charge in [-0.25, -0.2) is 5.48 Å². The van der Waals surface area contributed by atoms with Crippen molar-refractivity contribution in [1.29, 1.82) is 0 Å². The van der Waals surface area contributed by atoms with Gasteiger partial charge in [0.15, 0.2) is 0 Å². The van der Waals surface area contributed by atoms with Crippen molar-refractivity contribution < 1.29 is 24.3 Å². The number of benzene rings is 1. The molecule has 0 fully saturated rings. The van der Waals surface area contributed by atoms with E-state index in [0.717, 1.165) is 5.56 Å². The van der Waals surface area contributed by atoms with Gasteiger partial charge in [-0.1, -0.05) is 26.0 Å². The van der Waals surface area contributed by atoms with E-state index in [9.17, 15) is 14.4 Å². The summed E-state index contributed by atoms with van der Waals surface area (Å²) >= 11 is 0. The first kappa shape index (κ1) is 22.4. The maximum absolute atomic E-state index is 12.7. The van der Waals surface area contributed by atoms with Gasteiger partial charge in [-0.2, -0.15) is 0 Å². The van der Waals surface area contributed by atoms with Crippen LogP contribution in [0, 0.1) is 11.8 Å². The summed E-state index contributed by atoms with van der Waals surface area (Å²) in [5.74, 6) is -1.12. The van der Waals surface area contributed by atoms with Crippen LogP contribution in [0.15, 0.2) is 24.3 Å². The van der Waals surface area contributed by atoms with Crippen LogP contribution in [-0.2, 0) is 20.8 Å². The van der Waals surface area contributed by atoms with Crippen molar-refractivity contribution >= 4 is 17.7 Å². The topological polar surface area (TPSA) is 117 Å². The number of nitrogens with one attached hydrogen (secondary N) is 3. The lowest BCUT2D eigenvalue weighted by Gasteiger charge is -2.22. The number of likely N-dealkylation sites (N-methyl/N-ethyl adjacent to an activating group) is 1. The molecule has 0 aromatic heterocycles. The molecule has 27 heavy (non-hydrogen) atoms. The zero-order valence-corrected chi connectivity index (χ0v) is 16.2. The minimum atomic E-state index is -0.775. The largest absolute Gasteiger partial charge is 0.497 e. The Labute approximate surface area is 159 Å². The Morgan fingerprint density at radius 1 is 1.11 bits per heavy atom. The molecule has 0 aliphatic rings. The van der Waals surface area contributed by atoms with Gasteiger partial charge < -0.3 is 15.4 Å². The van der Waals surface area contributed by atoms with Crippen molar-refractivity contribution in [2.45, 2.75) is 39.2 Å². The average Bonchev–Trinajstić information content (AvgIpc) is 2.66. The first-order valence-corrected chi connectivity index (χ1v) is 8.88. The molecular formula is C19H29N3O5. The first-order chi connectivity index (χ1) is 12.8. The highest BCUT2D eigenvalue weighted by molar-refractivity contribution is 5.90. The van der Waals surface area contributed by atoms with Gasteiger partial charge in [-0.3, -0.25) is 19.6 Å². The van der Waals surface area contributed by atoms with E-state index in [1.165, 1.54) is 7.05 Å². The Morgan fingerprint density at radius 2 is 1.74 bits per heavy atom. The predicted octanol–water partition coefficient (Wildman–Crippen LogP) is 1.03. The van der Waals surface area contributed by atoms with E-state index in [1.54, 1.807) is 24.7 Å². The molecule has 1 unspecified atom stereocenters. The lowest BCUT2D eigenvalue weighted by Crippen LogP contribution is -2.49. The summed E-state index contributed by atoms with van der Waals surface area (Å²) < 4.78 is 5.12. The van der Waals surface area contributed by atoms with E-state index < -0.39 is 23.8 Å². The lowest BCUT2D eigenvalue weighted by molar-refractivity contribution is -0.136. The van der Waals surface area contributed by atoms with E-state index >= 15 is 0 Å². The van der Waals surface area contributed by atoms with Crippen LogP contribution in [0.3, 0.4) is 0 Å². The van der Waals surface area contributed by atoms with Crippen molar-refractivity contribution in [3.05, 3.63) is 29.8 Å². The number of hydroxylamine groups is 1. The highest BCUT2D eigenvalue weighted by Gasteiger charge is 2.27. The SMILES string of the molecule is CNC(=O)[C@@H](Cc1ccc(OC)cc1)NC(=O)C(CC(=O)NO)CC(C)C. The third-order valence-electron chi connectivity index (χ3n) is 4.16. The van der Waals surface area contributed by atoms with Crippen molar-refractivity contribution in [2.24, 2.45) is 11.8 Å². The molecule has 0 spiro atoms. The van der Waals surface area contributed by atoms with Crippen LogP contribution < -0.4 is 20.9 Å². The van der Waals surface area contributed by atoms with Gasteiger partial charge in [0.2, 0.25) is 17.7 Å². The fraction of sp³-hybridized carbons (Fsp3) is 0.526. The van der Waals surface area contributed by atoms with Gasteiger partial charge in [-0.15, -0.1) is 0 Å². The Hall–Kier alpha value is -2.61. The van der Waals surface area contributed by atoms with Gasteiger partial charge in [0.25, 0.3) is 0 Å². The molecule has 0 aliphatic heterocycles. The number of hydrogen-bond acceptors (Lipinski definition) is 5. The normalized spacial score (nSPS) is 12.8. The number of carbonyl (C=O) groups is 3. The summed E-state index contributed by atoms with van der Waals surface area (Å²) in [7, 11) is 3.07. The van der Waals surface area contributed by atoms with Crippen LogP contribution in [-0.4, -0.2) is 43.1 Å². The van der Waals surface area contributed by atoms with E-state index in [4.69, 9.17) is 9.94 Å². The minimum absolute atomic E-state index is 0.149. The van der Waals surface area contributed by atoms with Crippen molar-refractivity contribution in [3.8, 4) is 5.75 Å². The van der Waals surface area contributed by atoms with Crippen molar-refractivity contribution in [2.75, 3.05) is 14.2 Å². The quantitative estimate of drug-likeness (QED) is 0.358. The molecule has 150 valence electrons. The first-order valence-electron chi connectivity index (χ1n) is 8.88. The molecule has 0 saturated heterocycles. The average molecular weight is 379 g/mol. The van der Waals surface area contributed by atoms with Gasteiger partial charge in [0.05, 0.1) is 7.11 Å². The highest BCUT2D eigenvalue weighted by atomic mass is 16.5. The minimum Gasteiger partial charge on any atom is -0.497 e. The number of rotatable bonds is 10. The summed E-state index contributed by atoms with van der Waals surface area (Å²) in [5, 5.41) is 14.0. The van der Waals surface area contributed by atoms with Crippen LogP contribution in [0.5, 0.6) is 5.75 Å². The molecule has 1 aromatic carbocycles. The molecule has 4 N–H and O–H groups in total. The summed E-state index contributed by atoms with van der Waals surface area (Å²) in [6.07, 6.45) is 0.613. The van der Waals surface area contributed by atoms with Gasteiger partial charge in [0.1, 0.15) is 11.8 Å². The van der Waals surface area contributed by atoms with Gasteiger partial charge in [0, 0.05) is 25.8 Å². The van der Waals surface area contributed by atoms with E-state index in [1.807, 2.05) is 26.0 Å². The third kappa shape index (κ3) is 7.65. The molecule has 8 heteroatoms. The van der Waals surface area contributed by atoms with E-state index in [2.05, 4.69) is 10.6 Å².